The Morgan fingerprint density at radius 1 is 1.13 bits per heavy atom. The van der Waals surface area contributed by atoms with E-state index in [9.17, 15) is 4.79 Å². The molecule has 2 fully saturated rings. The van der Waals surface area contributed by atoms with Gasteiger partial charge in [-0.25, -0.2) is 9.79 Å². The monoisotopic (exact) mass is 538 g/mol. The molecule has 1 aliphatic heterocycles. The molecule has 0 spiro atoms. The van der Waals surface area contributed by atoms with Crippen LogP contribution in [0.15, 0.2) is 52.1 Å². The Bertz CT molecular complexity index is 833. The third-order valence-corrected chi connectivity index (χ3v) is 5.62. The molecule has 0 bridgehead atoms. The summed E-state index contributed by atoms with van der Waals surface area (Å²) in [5.74, 6) is 1.82. The van der Waals surface area contributed by atoms with Crippen molar-refractivity contribution in [3.63, 3.8) is 0 Å². The van der Waals surface area contributed by atoms with E-state index in [4.69, 9.17) is 14.1 Å². The number of carbonyl (C=O) groups is 1. The zero-order valence-corrected chi connectivity index (χ0v) is 20.0. The minimum Gasteiger partial charge on any atom is -0.469 e. The molecule has 7 nitrogen and oxygen atoms in total. The number of hydrogen-bond donors (Lipinski definition) is 2. The Balaban J connectivity index is 0.00000272. The fourth-order valence-corrected chi connectivity index (χ4v) is 3.93. The Kier molecular flexibility index (Phi) is 9.05. The van der Waals surface area contributed by atoms with E-state index in [1.807, 2.05) is 36.4 Å². The van der Waals surface area contributed by atoms with E-state index in [1.54, 1.807) is 11.2 Å². The van der Waals surface area contributed by atoms with Crippen molar-refractivity contribution in [1.82, 2.24) is 10.6 Å². The maximum atomic E-state index is 11.7. The zero-order chi connectivity index (χ0) is 20.6. The van der Waals surface area contributed by atoms with Crippen molar-refractivity contribution in [2.24, 2.45) is 4.99 Å². The van der Waals surface area contributed by atoms with Crippen molar-refractivity contribution in [3.8, 4) is 0 Å². The van der Waals surface area contributed by atoms with Crippen LogP contribution >= 0.6 is 24.0 Å². The summed E-state index contributed by atoms with van der Waals surface area (Å²) in [6, 6.07) is 12.3. The number of nitrogens with zero attached hydrogens (tertiary/aromatic N) is 2. The third kappa shape index (κ3) is 6.88. The van der Waals surface area contributed by atoms with E-state index in [-0.39, 0.29) is 30.1 Å². The first-order chi connectivity index (χ1) is 14.8. The van der Waals surface area contributed by atoms with Gasteiger partial charge in [-0.15, -0.1) is 24.0 Å². The number of aliphatic imine (C=N–C) groups is 1. The van der Waals surface area contributed by atoms with Gasteiger partial charge < -0.3 is 19.8 Å². The van der Waals surface area contributed by atoms with Gasteiger partial charge in [-0.3, -0.25) is 4.90 Å². The summed E-state index contributed by atoms with van der Waals surface area (Å²) < 4.78 is 10.4. The minimum absolute atomic E-state index is 0. The average Bonchev–Trinajstić information content (AvgIpc) is 3.45. The first-order valence-corrected chi connectivity index (χ1v) is 10.9. The molecule has 1 saturated carbocycles. The lowest BCUT2D eigenvalue weighted by atomic mass is 9.96. The van der Waals surface area contributed by atoms with E-state index in [0.29, 0.717) is 25.7 Å². The normalized spacial score (nSPS) is 17.2. The number of ether oxygens (including phenoxy) is 1. The van der Waals surface area contributed by atoms with Gasteiger partial charge in [0.05, 0.1) is 19.4 Å². The quantitative estimate of drug-likeness (QED) is 0.309. The molecule has 1 saturated heterocycles. The smallest absolute Gasteiger partial charge is 0.414 e. The molecule has 1 aromatic carbocycles. The third-order valence-electron chi connectivity index (χ3n) is 5.62. The first kappa shape index (κ1) is 23.4. The van der Waals surface area contributed by atoms with Gasteiger partial charge in [0.25, 0.3) is 0 Å². The van der Waals surface area contributed by atoms with E-state index in [1.165, 1.54) is 32.1 Å². The van der Waals surface area contributed by atoms with Crippen LogP contribution in [-0.4, -0.2) is 37.8 Å². The predicted octanol–water partition coefficient (Wildman–Crippen LogP) is 4.46. The molecule has 2 aliphatic rings. The van der Waals surface area contributed by atoms with Crippen LogP contribution in [0.5, 0.6) is 0 Å². The van der Waals surface area contributed by atoms with Crippen LogP contribution in [0.4, 0.5) is 10.5 Å². The molecule has 0 radical (unpaired) electrons. The molecule has 2 N–H and O–H groups in total. The summed E-state index contributed by atoms with van der Waals surface area (Å²) in [5.41, 5.74) is 1.96. The number of halogens is 1. The zero-order valence-electron chi connectivity index (χ0n) is 17.7. The Morgan fingerprint density at radius 3 is 2.61 bits per heavy atom. The molecular weight excluding hydrogens is 507 g/mol. The van der Waals surface area contributed by atoms with Gasteiger partial charge in [0.15, 0.2) is 5.96 Å². The van der Waals surface area contributed by atoms with Crippen molar-refractivity contribution < 1.29 is 13.9 Å². The van der Waals surface area contributed by atoms with Crippen molar-refractivity contribution in [2.75, 3.05) is 24.6 Å². The summed E-state index contributed by atoms with van der Waals surface area (Å²) in [7, 11) is 0. The molecule has 2 heterocycles. The maximum Gasteiger partial charge on any atom is 0.414 e. The fraction of sp³-hybridized carbons (Fsp3) is 0.478. The number of benzene rings is 1. The standard InChI is InChI=1S/C23H30N4O3.HI/c28-23-27(14-16-30-23)20-10-8-18(9-11-20)17-25-22(26-19-5-2-1-3-6-19)24-13-12-21-7-4-15-29-21;/h4,7-11,15,19H,1-3,5-6,12-14,16-17H2,(H2,24,25,26);1H. The molecule has 0 atom stereocenters. The van der Waals surface area contributed by atoms with Gasteiger partial charge in [0.1, 0.15) is 12.4 Å². The van der Waals surface area contributed by atoms with Gasteiger partial charge in [-0.05, 0) is 42.7 Å². The second-order valence-electron chi connectivity index (χ2n) is 7.83. The highest BCUT2D eigenvalue weighted by atomic mass is 127. The average molecular weight is 538 g/mol. The number of furan rings is 1. The molecule has 31 heavy (non-hydrogen) atoms. The number of guanidine groups is 1. The van der Waals surface area contributed by atoms with Gasteiger partial charge in [-0.2, -0.15) is 0 Å². The van der Waals surface area contributed by atoms with Gasteiger partial charge in [0, 0.05) is 24.7 Å². The Hall–Kier alpha value is -2.23. The summed E-state index contributed by atoms with van der Waals surface area (Å²) in [4.78, 5) is 18.2. The number of hydrogen-bond acceptors (Lipinski definition) is 4. The van der Waals surface area contributed by atoms with E-state index in [0.717, 1.165) is 35.9 Å². The van der Waals surface area contributed by atoms with Gasteiger partial charge >= 0.3 is 6.09 Å². The number of amides is 1. The lowest BCUT2D eigenvalue weighted by molar-refractivity contribution is 0.181. The lowest BCUT2D eigenvalue weighted by Gasteiger charge is -2.25. The first-order valence-electron chi connectivity index (χ1n) is 10.9. The van der Waals surface area contributed by atoms with Gasteiger partial charge in [-0.1, -0.05) is 31.4 Å². The highest BCUT2D eigenvalue weighted by Crippen LogP contribution is 2.20. The summed E-state index contributed by atoms with van der Waals surface area (Å²) in [6.45, 7) is 2.39. The predicted molar refractivity (Wildman–Crippen MR) is 132 cm³/mol. The van der Waals surface area contributed by atoms with E-state index >= 15 is 0 Å². The molecule has 0 unspecified atom stereocenters. The highest BCUT2D eigenvalue weighted by Gasteiger charge is 2.23. The number of cyclic esters (lactones) is 1. The molecular formula is C23H31IN4O3. The van der Waals surface area contributed by atoms with Crippen LogP contribution in [0, 0.1) is 0 Å². The molecule has 4 rings (SSSR count). The summed E-state index contributed by atoms with van der Waals surface area (Å²) in [5, 5.41) is 7.05. The summed E-state index contributed by atoms with van der Waals surface area (Å²) >= 11 is 0. The van der Waals surface area contributed by atoms with Crippen molar-refractivity contribution in [3.05, 3.63) is 54.0 Å². The molecule has 1 aromatic heterocycles. The van der Waals surface area contributed by atoms with Crippen LogP contribution in [0.1, 0.15) is 43.4 Å². The second kappa shape index (κ2) is 12.0. The van der Waals surface area contributed by atoms with Crippen molar-refractivity contribution in [1.29, 1.82) is 0 Å². The SMILES string of the molecule is I.O=C1OCCN1c1ccc(CN=C(NCCc2ccco2)NC2CCCCC2)cc1. The largest absolute Gasteiger partial charge is 0.469 e. The van der Waals surface area contributed by atoms with Crippen molar-refractivity contribution >= 4 is 41.7 Å². The molecule has 8 heteroatoms. The van der Waals surface area contributed by atoms with E-state index in [2.05, 4.69) is 10.6 Å². The maximum absolute atomic E-state index is 11.7. The number of nitrogens with one attached hydrogen (secondary N) is 2. The fourth-order valence-electron chi connectivity index (χ4n) is 3.93. The van der Waals surface area contributed by atoms with Crippen LogP contribution in [-0.2, 0) is 17.7 Å². The van der Waals surface area contributed by atoms with Crippen LogP contribution in [0.25, 0.3) is 0 Å². The summed E-state index contributed by atoms with van der Waals surface area (Å²) in [6.07, 6.45) is 8.51. The molecule has 168 valence electrons. The minimum atomic E-state index is -0.277. The van der Waals surface area contributed by atoms with Crippen LogP contribution in [0.3, 0.4) is 0 Å². The number of rotatable bonds is 7. The highest BCUT2D eigenvalue weighted by molar-refractivity contribution is 14.0. The van der Waals surface area contributed by atoms with Crippen LogP contribution < -0.4 is 15.5 Å². The van der Waals surface area contributed by atoms with E-state index < -0.39 is 0 Å². The molecule has 1 aliphatic carbocycles. The Morgan fingerprint density at radius 2 is 1.94 bits per heavy atom. The Labute approximate surface area is 200 Å². The second-order valence-corrected chi connectivity index (χ2v) is 7.83. The van der Waals surface area contributed by atoms with Crippen molar-refractivity contribution in [2.45, 2.75) is 51.1 Å². The topological polar surface area (TPSA) is 79.1 Å². The lowest BCUT2D eigenvalue weighted by Crippen LogP contribution is -2.44. The number of carbonyl (C=O) groups excluding carboxylic acids is 1. The van der Waals surface area contributed by atoms with Crippen LogP contribution in [0.2, 0.25) is 0 Å². The number of anilines is 1. The molecule has 1 amide bonds. The molecule has 2 aromatic rings. The van der Waals surface area contributed by atoms with Gasteiger partial charge in [0.2, 0.25) is 0 Å².